The predicted octanol–water partition coefficient (Wildman–Crippen LogP) is 21.3. The smallest absolute Gasteiger partial charge is 0.443 e. The van der Waals surface area contributed by atoms with Gasteiger partial charge in [-0.2, -0.15) is 21.0 Å². The number of nitrogens with one attached hydrogen (secondary N) is 1. The number of primary amides is 1. The lowest BCUT2D eigenvalue weighted by Gasteiger charge is -2.32. The van der Waals surface area contributed by atoms with Crippen molar-refractivity contribution in [1.82, 2.24) is 58.1 Å². The quantitative estimate of drug-likeness (QED) is 0.133. The average molecular weight is 1910 g/mol. The number of nitriles is 4. The third-order valence-electron chi connectivity index (χ3n) is 26.0. The highest BCUT2D eigenvalue weighted by molar-refractivity contribution is 9.10. The van der Waals surface area contributed by atoms with Gasteiger partial charge in [0.1, 0.15) is 58.8 Å². The number of nitrogens with two attached hydrogens (primary N) is 1. The number of aryl methyl sites for hydroxylation is 8. The van der Waals surface area contributed by atoms with E-state index in [0.29, 0.717) is 59.3 Å². The van der Waals surface area contributed by atoms with Gasteiger partial charge in [0, 0.05) is 233 Å². The molecule has 5 aliphatic rings. The zero-order chi connectivity index (χ0) is 98.1. The normalized spacial score (nSPS) is 14.4. The second-order valence-corrected chi connectivity index (χ2v) is 38.8. The first-order valence-electron chi connectivity index (χ1n) is 46.2. The van der Waals surface area contributed by atoms with E-state index in [-0.39, 0.29) is 6.09 Å². The molecule has 17 heterocycles. The minimum atomic E-state index is -0.579. The number of ether oxygens (including phenoxy) is 2. The van der Waals surface area contributed by atoms with E-state index >= 15 is 0 Å². The fraction of sp³-hybridized carbons (Fsp3) is 0.275. The molecule has 0 bridgehead atoms. The van der Waals surface area contributed by atoms with Crippen LogP contribution in [0.3, 0.4) is 0 Å². The van der Waals surface area contributed by atoms with Crippen molar-refractivity contribution in [1.29, 1.82) is 21.0 Å². The summed E-state index contributed by atoms with van der Waals surface area (Å²) in [6.45, 7) is 22.0. The van der Waals surface area contributed by atoms with Crippen molar-refractivity contribution in [3.8, 4) is 103 Å². The maximum absolute atomic E-state index is 12.7. The molecule has 0 spiro atoms. The first kappa shape index (κ1) is 95.0. The van der Waals surface area contributed by atoms with E-state index in [4.69, 9.17) is 24.5 Å². The van der Waals surface area contributed by atoms with Crippen molar-refractivity contribution in [2.45, 2.75) is 143 Å². The van der Waals surface area contributed by atoms with Crippen LogP contribution in [0.25, 0.3) is 122 Å². The molecule has 28 nitrogen and oxygen atoms in total. The summed E-state index contributed by atoms with van der Waals surface area (Å²) in [5, 5.41) is 47.4. The zero-order valence-electron chi connectivity index (χ0n) is 80.2. The number of urea groups is 1. The molecule has 1 saturated heterocycles. The molecule has 4 aromatic carbocycles. The molecule has 0 aliphatic carbocycles. The predicted molar refractivity (Wildman–Crippen MR) is 547 cm³/mol. The molecule has 0 atom stereocenters. The summed E-state index contributed by atoms with van der Waals surface area (Å²) in [7, 11) is 7.56. The first-order chi connectivity index (χ1) is 66.7. The Balaban J connectivity index is 0.000000121. The van der Waals surface area contributed by atoms with Crippen molar-refractivity contribution in [2.24, 2.45) is 33.9 Å². The summed E-state index contributed by atoms with van der Waals surface area (Å²) in [5.74, 6) is 2.83. The summed E-state index contributed by atoms with van der Waals surface area (Å²) >= 11 is 3.38. The van der Waals surface area contributed by atoms with Gasteiger partial charge in [-0.25, -0.2) is 34.3 Å². The Morgan fingerprint density at radius 3 is 1.09 bits per heavy atom. The number of carbonyl (C=O) groups excluding carboxylic acids is 3. The van der Waals surface area contributed by atoms with E-state index in [0.717, 1.165) is 212 Å². The molecule has 698 valence electrons. The Kier molecular flexibility index (Phi) is 26.8. The van der Waals surface area contributed by atoms with Crippen LogP contribution in [0.15, 0.2) is 224 Å². The highest BCUT2D eigenvalue weighted by Gasteiger charge is 2.52. The first-order valence-corrected chi connectivity index (χ1v) is 47.0. The molecule has 21 rings (SSSR count). The van der Waals surface area contributed by atoms with E-state index in [2.05, 4.69) is 183 Å². The lowest BCUT2D eigenvalue weighted by molar-refractivity contribution is 0.00578. The van der Waals surface area contributed by atoms with Crippen LogP contribution in [0, 0.1) is 45.3 Å². The van der Waals surface area contributed by atoms with Crippen LogP contribution in [0.2, 0.25) is 0 Å². The molecule has 0 radical (unpaired) electrons. The van der Waals surface area contributed by atoms with E-state index in [1.54, 1.807) is 78.0 Å². The van der Waals surface area contributed by atoms with E-state index in [1.165, 1.54) is 10.5 Å². The van der Waals surface area contributed by atoms with Crippen LogP contribution in [0.5, 0.6) is 0 Å². The number of amides is 4. The van der Waals surface area contributed by atoms with Gasteiger partial charge in [0.25, 0.3) is 0 Å². The van der Waals surface area contributed by atoms with Crippen molar-refractivity contribution in [3.63, 3.8) is 0 Å². The minimum absolute atomic E-state index is 0.352. The molecular formula is C109H105BBrN21O7. The van der Waals surface area contributed by atoms with Gasteiger partial charge in [-0.3, -0.25) is 34.6 Å². The number of halogens is 1. The summed E-state index contributed by atoms with van der Waals surface area (Å²) in [6, 6.07) is 58.1. The Labute approximate surface area is 815 Å². The monoisotopic (exact) mass is 1910 g/mol. The van der Waals surface area contributed by atoms with Crippen molar-refractivity contribution in [3.05, 3.63) is 269 Å². The second-order valence-electron chi connectivity index (χ2n) is 38.0. The lowest BCUT2D eigenvalue weighted by Crippen LogP contribution is -2.42. The molecule has 4 amide bonds. The number of benzene rings is 4. The summed E-state index contributed by atoms with van der Waals surface area (Å²) in [4.78, 5) is 77.5. The van der Waals surface area contributed by atoms with Gasteiger partial charge in [-0.05, 0) is 226 Å². The second kappa shape index (κ2) is 39.2. The zero-order valence-corrected chi connectivity index (χ0v) is 81.7. The Morgan fingerprint density at radius 2 is 0.727 bits per heavy atom. The number of para-hydroxylation sites is 4. The maximum atomic E-state index is 12.7. The van der Waals surface area contributed by atoms with Crippen LogP contribution >= 0.6 is 15.9 Å². The highest BCUT2D eigenvalue weighted by atomic mass is 79.9. The minimum Gasteiger partial charge on any atom is -0.443 e. The van der Waals surface area contributed by atoms with Crippen molar-refractivity contribution >= 4 is 114 Å². The fourth-order valence-corrected chi connectivity index (χ4v) is 18.8. The number of hydrogen-bond acceptors (Lipinski definition) is 20. The highest BCUT2D eigenvalue weighted by Crippen LogP contribution is 2.43. The third-order valence-corrected chi connectivity index (χ3v) is 26.6. The topological polar surface area (TPSA) is 354 Å². The number of pyridine rings is 8. The molecule has 3 N–H and O–H groups in total. The SMILES string of the molecule is CC(C)(C)OC(=O)N1CCCc2cc(B3OC(C)(C)C(C)(C)O3)cnc21.Cn1c(-c2cncc(-c3cnc4c(c3)CCCN4)c2C#N)cc2ccccc21.Cn1c(-c2cncc(-c3cnc4c(c3)CCCN4C(=O)OC(C)(C)C)c2C#N)cc2ccccc21.Cn1c(-c2cncc(-c3cnc4c(c3)CCCN4C(N)=O)c2C#N)cc2ccccc21.Cn1c(-c2cncc(Br)c2C#N)cc2ccccc21. The molecule has 1 fully saturated rings. The molecule has 30 heteroatoms. The van der Waals surface area contributed by atoms with Gasteiger partial charge in [0.15, 0.2) is 0 Å². The fourth-order valence-electron chi connectivity index (χ4n) is 18.4. The largest absolute Gasteiger partial charge is 0.496 e. The summed E-state index contributed by atoms with van der Waals surface area (Å²) in [6.07, 6.45) is 27.1. The third kappa shape index (κ3) is 19.4. The van der Waals surface area contributed by atoms with Gasteiger partial charge >= 0.3 is 25.3 Å². The van der Waals surface area contributed by atoms with Gasteiger partial charge in [0.05, 0.1) is 60.7 Å². The van der Waals surface area contributed by atoms with Gasteiger partial charge < -0.3 is 48.1 Å². The van der Waals surface area contributed by atoms with E-state index < -0.39 is 41.6 Å². The molecule has 139 heavy (non-hydrogen) atoms. The van der Waals surface area contributed by atoms with Gasteiger partial charge in [-0.15, -0.1) is 0 Å². The molecule has 0 unspecified atom stereocenters. The van der Waals surface area contributed by atoms with Crippen molar-refractivity contribution < 1.29 is 33.2 Å². The summed E-state index contributed by atoms with van der Waals surface area (Å²) in [5.41, 5.74) is 27.3. The molecule has 0 saturated carbocycles. The van der Waals surface area contributed by atoms with Crippen LogP contribution in [-0.2, 0) is 72.7 Å². The Bertz CT molecular complexity index is 7690. The molecule has 16 aromatic rings. The van der Waals surface area contributed by atoms with Crippen LogP contribution < -0.4 is 31.2 Å². The van der Waals surface area contributed by atoms with E-state index in [9.17, 15) is 35.4 Å². The van der Waals surface area contributed by atoms with E-state index in [1.807, 2.05) is 170 Å². The lowest BCUT2D eigenvalue weighted by atomic mass is 9.79. The Morgan fingerprint density at radius 1 is 0.410 bits per heavy atom. The number of hydrogen-bond donors (Lipinski definition) is 2. The van der Waals surface area contributed by atoms with Gasteiger partial charge in [0.2, 0.25) is 0 Å². The number of aromatic nitrogens is 12. The van der Waals surface area contributed by atoms with Gasteiger partial charge in [-0.1, -0.05) is 78.9 Å². The average Bonchev–Trinajstić information content (AvgIpc) is 1.66. The number of fused-ring (bicyclic) bond motifs is 8. The standard InChI is InChI=1S/C28H27N5O2.C24H20N6O.C23H19N5.C19H29BN2O4.C15H10BrN3/c1-28(2,3)35-27(34)33-11-7-9-19-12-20(15-31-26(19)33)22-16-30-17-23(21(22)14-29)25-13-18-8-5-6-10-24(18)32(25)4;1-29-21-7-3-2-5-15(21)10-22(29)20-14-27-13-19(18(20)11-25)17-9-16-6-4-8-30(24(26)31)23(16)28-12-17;1-28-21-7-3-2-5-15(21)10-22(28)20-14-25-13-19(18(20)11-24)17-9-16-6-4-8-26-23(16)27-12-17;1-17(2,3)24-16(23)22-10-8-9-13-11-14(12-21-15(13)22)20-25-18(4,5)19(6,7)26-20;1-19-14-5-3-2-4-10(14)6-15(19)12-8-18-9-13(16)11(12)7-17/h5-6,8,10,12-13,15-17H,7,9,11H2,1-4H3;2-3,5,7,9-10,12-14H,4,6,8H2,1H3,(H2,26,31);2-3,5,7,9-10,12-14H,4,6,8H2,1H3,(H,26,27);11-12H,8-10H2,1-7H3;2-6,8-9H,1H3. The number of nitrogens with zero attached hydrogens (tertiary/aromatic N) is 19. The maximum Gasteiger partial charge on any atom is 0.496 e. The Hall–Kier alpha value is -15.7. The number of rotatable bonds is 8. The molecular weight excluding hydrogens is 1810 g/mol. The summed E-state index contributed by atoms with van der Waals surface area (Å²) < 4.78 is 32.4. The van der Waals surface area contributed by atoms with Crippen LogP contribution in [-0.4, -0.2) is 132 Å². The van der Waals surface area contributed by atoms with Crippen LogP contribution in [0.4, 0.5) is 37.7 Å². The number of carbonyl (C=O) groups is 3. The van der Waals surface area contributed by atoms with Crippen LogP contribution in [0.1, 0.15) is 139 Å². The van der Waals surface area contributed by atoms with Crippen molar-refractivity contribution in [2.75, 3.05) is 46.2 Å². The molecule has 5 aliphatic heterocycles. The molecule has 12 aromatic heterocycles. The number of anilines is 4.